The molecule has 0 aliphatic carbocycles. The van der Waals surface area contributed by atoms with Crippen molar-refractivity contribution >= 4 is 17.5 Å². The van der Waals surface area contributed by atoms with E-state index >= 15 is 0 Å². The first-order valence-corrected chi connectivity index (χ1v) is 6.37. The number of rotatable bonds is 3. The summed E-state index contributed by atoms with van der Waals surface area (Å²) >= 11 is 0. The van der Waals surface area contributed by atoms with E-state index in [0.717, 1.165) is 0 Å². The minimum absolute atomic E-state index is 0.136. The molecule has 0 radical (unpaired) electrons. The number of nitrogens with zero attached hydrogens (tertiary/aromatic N) is 3. The van der Waals surface area contributed by atoms with Crippen LogP contribution in [0.15, 0.2) is 42.7 Å². The number of methoxy groups -OCH3 is 1. The van der Waals surface area contributed by atoms with E-state index in [1.165, 1.54) is 17.6 Å². The van der Waals surface area contributed by atoms with Gasteiger partial charge in [-0.2, -0.15) is 0 Å². The average molecular weight is 297 g/mol. The number of aromatic carboxylic acids is 1. The fourth-order valence-corrected chi connectivity index (χ4v) is 2.24. The first kappa shape index (κ1) is 13.7. The number of carboxylic acids is 1. The fourth-order valence-electron chi connectivity index (χ4n) is 2.24. The Labute approximate surface area is 124 Å². The van der Waals surface area contributed by atoms with Gasteiger partial charge in [-0.3, -0.25) is 9.38 Å². The molecule has 3 aromatic rings. The van der Waals surface area contributed by atoms with Crippen LogP contribution in [0.2, 0.25) is 0 Å². The predicted octanol–water partition coefficient (Wildman–Crippen LogP) is 1.88. The summed E-state index contributed by atoms with van der Waals surface area (Å²) in [6, 6.07) is 8.35. The molecule has 0 aliphatic rings. The summed E-state index contributed by atoms with van der Waals surface area (Å²) in [4.78, 5) is 31.7. The Hall–Kier alpha value is -3.22. The molecule has 7 heteroatoms. The largest absolute Gasteiger partial charge is 0.476 e. The topological polar surface area (TPSA) is 93.8 Å². The van der Waals surface area contributed by atoms with Gasteiger partial charge in [-0.15, -0.1) is 0 Å². The number of pyridine rings is 2. The van der Waals surface area contributed by atoms with Crippen molar-refractivity contribution in [1.29, 1.82) is 0 Å². The standard InChI is InChI=1S/C15H11N3O4/c1-22-15(21)9-5-4-8-18-12(9)11(14(19)20)17-13(18)10-6-2-3-7-16-10/h2-8H,1H3,(H,19,20). The van der Waals surface area contributed by atoms with E-state index in [2.05, 4.69) is 9.97 Å². The summed E-state index contributed by atoms with van der Waals surface area (Å²) < 4.78 is 6.23. The van der Waals surface area contributed by atoms with Crippen molar-refractivity contribution in [2.24, 2.45) is 0 Å². The second kappa shape index (κ2) is 5.28. The lowest BCUT2D eigenvalue weighted by Crippen LogP contribution is -2.06. The van der Waals surface area contributed by atoms with Gasteiger partial charge in [0.05, 0.1) is 18.2 Å². The lowest BCUT2D eigenvalue weighted by Gasteiger charge is -2.04. The highest BCUT2D eigenvalue weighted by Crippen LogP contribution is 2.24. The number of imidazole rings is 1. The van der Waals surface area contributed by atoms with E-state index < -0.39 is 11.9 Å². The third kappa shape index (κ3) is 2.08. The monoisotopic (exact) mass is 297 g/mol. The highest BCUT2D eigenvalue weighted by atomic mass is 16.5. The van der Waals surface area contributed by atoms with Gasteiger partial charge in [0.25, 0.3) is 0 Å². The molecule has 3 rings (SSSR count). The molecule has 3 aromatic heterocycles. The van der Waals surface area contributed by atoms with Crippen molar-refractivity contribution < 1.29 is 19.4 Å². The van der Waals surface area contributed by atoms with Crippen LogP contribution >= 0.6 is 0 Å². The third-order valence-corrected chi connectivity index (χ3v) is 3.17. The molecule has 0 spiro atoms. The van der Waals surface area contributed by atoms with Crippen LogP contribution in [0.4, 0.5) is 0 Å². The highest BCUT2D eigenvalue weighted by molar-refractivity contribution is 6.05. The van der Waals surface area contributed by atoms with Crippen LogP contribution in [0.3, 0.4) is 0 Å². The smallest absolute Gasteiger partial charge is 0.356 e. The van der Waals surface area contributed by atoms with Gasteiger partial charge in [-0.05, 0) is 24.3 Å². The van der Waals surface area contributed by atoms with Crippen molar-refractivity contribution in [3.05, 3.63) is 54.0 Å². The van der Waals surface area contributed by atoms with Crippen molar-refractivity contribution in [3.8, 4) is 11.5 Å². The zero-order valence-corrected chi connectivity index (χ0v) is 11.6. The van der Waals surface area contributed by atoms with E-state index in [4.69, 9.17) is 4.74 Å². The maximum absolute atomic E-state index is 11.9. The van der Waals surface area contributed by atoms with Gasteiger partial charge < -0.3 is 9.84 Å². The van der Waals surface area contributed by atoms with Crippen LogP contribution in [0.25, 0.3) is 17.0 Å². The van der Waals surface area contributed by atoms with Crippen LogP contribution in [0, 0.1) is 0 Å². The lowest BCUT2D eigenvalue weighted by atomic mass is 10.2. The minimum Gasteiger partial charge on any atom is -0.476 e. The number of carbonyl (C=O) groups excluding carboxylic acids is 1. The quantitative estimate of drug-likeness (QED) is 0.742. The van der Waals surface area contributed by atoms with Crippen molar-refractivity contribution in [2.75, 3.05) is 7.11 Å². The van der Waals surface area contributed by atoms with Crippen LogP contribution in [-0.4, -0.2) is 38.5 Å². The van der Waals surface area contributed by atoms with Crippen LogP contribution < -0.4 is 0 Å². The second-order valence-corrected chi connectivity index (χ2v) is 4.44. The van der Waals surface area contributed by atoms with E-state index in [-0.39, 0.29) is 16.8 Å². The molecular weight excluding hydrogens is 286 g/mol. The maximum atomic E-state index is 11.9. The van der Waals surface area contributed by atoms with E-state index in [1.54, 1.807) is 36.7 Å². The molecule has 22 heavy (non-hydrogen) atoms. The number of ether oxygens (including phenoxy) is 1. The molecule has 0 amide bonds. The average Bonchev–Trinajstić information content (AvgIpc) is 2.95. The summed E-state index contributed by atoms with van der Waals surface area (Å²) in [6.45, 7) is 0. The molecule has 0 bridgehead atoms. The summed E-state index contributed by atoms with van der Waals surface area (Å²) in [5.41, 5.74) is 0.605. The van der Waals surface area contributed by atoms with Crippen molar-refractivity contribution in [1.82, 2.24) is 14.4 Å². The van der Waals surface area contributed by atoms with Gasteiger partial charge in [-0.1, -0.05) is 6.07 Å². The van der Waals surface area contributed by atoms with Crippen molar-refractivity contribution in [3.63, 3.8) is 0 Å². The molecule has 0 fully saturated rings. The molecule has 7 nitrogen and oxygen atoms in total. The van der Waals surface area contributed by atoms with E-state index in [1.807, 2.05) is 0 Å². The highest BCUT2D eigenvalue weighted by Gasteiger charge is 2.23. The summed E-state index contributed by atoms with van der Waals surface area (Å²) in [5, 5.41) is 9.37. The van der Waals surface area contributed by atoms with Crippen molar-refractivity contribution in [2.45, 2.75) is 0 Å². The normalized spacial score (nSPS) is 10.6. The number of carbonyl (C=O) groups is 2. The fraction of sp³-hybridized carbons (Fsp3) is 0.0667. The first-order chi connectivity index (χ1) is 10.6. The van der Waals surface area contributed by atoms with Gasteiger partial charge >= 0.3 is 11.9 Å². The number of hydrogen-bond donors (Lipinski definition) is 1. The zero-order valence-electron chi connectivity index (χ0n) is 11.6. The first-order valence-electron chi connectivity index (χ1n) is 6.37. The Bertz CT molecular complexity index is 871. The maximum Gasteiger partial charge on any atom is 0.356 e. The Kier molecular flexibility index (Phi) is 3.30. The van der Waals surface area contributed by atoms with E-state index in [0.29, 0.717) is 11.5 Å². The van der Waals surface area contributed by atoms with E-state index in [9.17, 15) is 14.7 Å². The van der Waals surface area contributed by atoms with Crippen LogP contribution in [-0.2, 0) is 4.74 Å². The van der Waals surface area contributed by atoms with Crippen LogP contribution in [0.1, 0.15) is 20.8 Å². The molecule has 0 saturated heterocycles. The number of carboxylic acid groups (broad SMARTS) is 1. The van der Waals surface area contributed by atoms with Crippen LogP contribution in [0.5, 0.6) is 0 Å². The Morgan fingerprint density at radius 2 is 2.05 bits per heavy atom. The Morgan fingerprint density at radius 3 is 2.68 bits per heavy atom. The molecule has 1 N–H and O–H groups in total. The Morgan fingerprint density at radius 1 is 1.23 bits per heavy atom. The summed E-state index contributed by atoms with van der Waals surface area (Å²) in [5.74, 6) is -1.50. The summed E-state index contributed by atoms with van der Waals surface area (Å²) in [7, 11) is 1.24. The van der Waals surface area contributed by atoms with Gasteiger partial charge in [-0.25, -0.2) is 14.6 Å². The lowest BCUT2D eigenvalue weighted by molar-refractivity contribution is 0.0602. The molecule has 0 aromatic carbocycles. The second-order valence-electron chi connectivity index (χ2n) is 4.44. The zero-order chi connectivity index (χ0) is 15.7. The van der Waals surface area contributed by atoms with Gasteiger partial charge in [0, 0.05) is 12.4 Å². The SMILES string of the molecule is COC(=O)c1cccn2c(-c3ccccn3)nc(C(=O)O)c12. The molecule has 0 saturated carbocycles. The Balaban J connectivity index is 2.38. The molecule has 0 aliphatic heterocycles. The third-order valence-electron chi connectivity index (χ3n) is 3.17. The molecule has 0 unspecified atom stereocenters. The molecule has 3 heterocycles. The molecule has 110 valence electrons. The summed E-state index contributed by atoms with van der Waals surface area (Å²) in [6.07, 6.45) is 3.21. The molecule has 0 atom stereocenters. The number of hydrogen-bond acceptors (Lipinski definition) is 5. The van der Waals surface area contributed by atoms with Gasteiger partial charge in [0.2, 0.25) is 0 Å². The molecular formula is C15H11N3O4. The minimum atomic E-state index is -1.23. The van der Waals surface area contributed by atoms with Gasteiger partial charge in [0.15, 0.2) is 11.5 Å². The predicted molar refractivity (Wildman–Crippen MR) is 76.7 cm³/mol. The number of aromatic nitrogens is 3. The van der Waals surface area contributed by atoms with Gasteiger partial charge in [0.1, 0.15) is 5.69 Å². The number of fused-ring (bicyclic) bond motifs is 1. The number of esters is 1.